The van der Waals surface area contributed by atoms with E-state index in [2.05, 4.69) is 24.1 Å². The van der Waals surface area contributed by atoms with Crippen molar-refractivity contribution in [1.29, 1.82) is 0 Å². The van der Waals surface area contributed by atoms with Gasteiger partial charge >= 0.3 is 0 Å². The van der Waals surface area contributed by atoms with Gasteiger partial charge < -0.3 is 10.2 Å². The maximum atomic E-state index is 12.4. The number of pyridine rings is 1. The molecule has 0 radical (unpaired) electrons. The van der Waals surface area contributed by atoms with Crippen LogP contribution < -0.4 is 5.32 Å². The van der Waals surface area contributed by atoms with Gasteiger partial charge in [0.05, 0.1) is 0 Å². The number of carbonyl (C=O) groups is 2. The first kappa shape index (κ1) is 21.5. The number of aromatic nitrogens is 1. The van der Waals surface area contributed by atoms with Crippen LogP contribution in [0.25, 0.3) is 6.08 Å². The third-order valence-electron chi connectivity index (χ3n) is 5.20. The van der Waals surface area contributed by atoms with Crippen LogP contribution >= 0.6 is 0 Å². The summed E-state index contributed by atoms with van der Waals surface area (Å²) < 4.78 is 0. The molecule has 2 aromatic rings. The summed E-state index contributed by atoms with van der Waals surface area (Å²) in [6, 6.07) is 9.73. The van der Waals surface area contributed by atoms with Gasteiger partial charge in [-0.05, 0) is 53.7 Å². The zero-order chi connectivity index (χ0) is 21.5. The summed E-state index contributed by atoms with van der Waals surface area (Å²) in [4.78, 5) is 31.0. The topological polar surface area (TPSA) is 62.3 Å². The molecule has 1 N–H and O–H groups in total. The maximum Gasteiger partial charge on any atom is 0.246 e. The van der Waals surface area contributed by atoms with Gasteiger partial charge in [0.2, 0.25) is 11.8 Å². The number of rotatable bonds is 6. The minimum absolute atomic E-state index is 0.0378. The molecule has 0 aliphatic carbocycles. The third-order valence-corrected chi connectivity index (χ3v) is 5.20. The average molecular weight is 404 g/mol. The predicted molar refractivity (Wildman–Crippen MR) is 119 cm³/mol. The molecule has 0 saturated carbocycles. The maximum absolute atomic E-state index is 12.4. The van der Waals surface area contributed by atoms with Crippen LogP contribution in [0.15, 0.2) is 54.8 Å². The number of hydrogen-bond acceptors (Lipinski definition) is 3. The number of fused-ring (bicyclic) bond motifs is 1. The van der Waals surface area contributed by atoms with Crippen molar-refractivity contribution in [2.45, 2.75) is 40.3 Å². The van der Waals surface area contributed by atoms with Crippen LogP contribution in [0.1, 0.15) is 41.8 Å². The van der Waals surface area contributed by atoms with Crippen LogP contribution in [-0.2, 0) is 29.1 Å². The molecule has 0 fully saturated rings. The first-order valence-electron chi connectivity index (χ1n) is 10.4. The SMILES string of the molecule is Cc1ncc2c(c1CNC(=O)/C=C/c1ccccc1)CCN(C(=O)/C=C/C(C)C)C2. The average Bonchev–Trinajstić information content (AvgIpc) is 2.75. The summed E-state index contributed by atoms with van der Waals surface area (Å²) >= 11 is 0. The van der Waals surface area contributed by atoms with Crippen molar-refractivity contribution < 1.29 is 9.59 Å². The number of nitrogens with zero attached hydrogens (tertiary/aromatic N) is 2. The largest absolute Gasteiger partial charge is 0.348 e. The number of amides is 2. The second kappa shape index (κ2) is 10.0. The smallest absolute Gasteiger partial charge is 0.246 e. The van der Waals surface area contributed by atoms with Gasteiger partial charge in [0.15, 0.2) is 0 Å². The molecule has 0 bridgehead atoms. The van der Waals surface area contributed by atoms with Crippen LogP contribution in [0.5, 0.6) is 0 Å². The van der Waals surface area contributed by atoms with Crippen molar-refractivity contribution in [2.24, 2.45) is 5.92 Å². The van der Waals surface area contributed by atoms with Crippen molar-refractivity contribution in [3.05, 3.63) is 82.7 Å². The highest BCUT2D eigenvalue weighted by molar-refractivity contribution is 5.91. The highest BCUT2D eigenvalue weighted by Crippen LogP contribution is 2.24. The zero-order valence-corrected chi connectivity index (χ0v) is 17.9. The lowest BCUT2D eigenvalue weighted by atomic mass is 9.94. The lowest BCUT2D eigenvalue weighted by molar-refractivity contribution is -0.127. The third kappa shape index (κ3) is 5.66. The summed E-state index contributed by atoms with van der Waals surface area (Å²) in [6.45, 7) is 7.73. The lowest BCUT2D eigenvalue weighted by Crippen LogP contribution is -2.36. The van der Waals surface area contributed by atoms with Gasteiger partial charge in [-0.25, -0.2) is 0 Å². The standard InChI is InChI=1S/C25H29N3O2/c1-18(2)9-12-25(30)28-14-13-22-21(17-28)15-26-19(3)23(22)16-27-24(29)11-10-20-7-5-4-6-8-20/h4-12,15,18H,13-14,16-17H2,1-3H3,(H,27,29)/b11-10+,12-9+. The summed E-state index contributed by atoms with van der Waals surface area (Å²) in [6.07, 6.45) is 9.57. The molecular formula is C25H29N3O2. The molecule has 156 valence electrons. The highest BCUT2D eigenvalue weighted by Gasteiger charge is 2.23. The van der Waals surface area contributed by atoms with Crippen LogP contribution in [0, 0.1) is 12.8 Å². The molecule has 0 atom stereocenters. The van der Waals surface area contributed by atoms with Crippen LogP contribution in [0.2, 0.25) is 0 Å². The number of aryl methyl sites for hydroxylation is 1. The van der Waals surface area contributed by atoms with E-state index in [-0.39, 0.29) is 11.8 Å². The van der Waals surface area contributed by atoms with Gasteiger partial charge in [0.1, 0.15) is 0 Å². The van der Waals surface area contributed by atoms with Gasteiger partial charge in [-0.15, -0.1) is 0 Å². The Morgan fingerprint density at radius 1 is 1.20 bits per heavy atom. The van der Waals surface area contributed by atoms with E-state index in [4.69, 9.17) is 0 Å². The molecule has 0 saturated heterocycles. The van der Waals surface area contributed by atoms with E-state index in [9.17, 15) is 9.59 Å². The Bertz CT molecular complexity index is 962. The minimum atomic E-state index is -0.137. The number of carbonyl (C=O) groups excluding carboxylic acids is 2. The quantitative estimate of drug-likeness (QED) is 0.746. The summed E-state index contributed by atoms with van der Waals surface area (Å²) in [5, 5.41) is 2.97. The molecule has 2 heterocycles. The second-order valence-electron chi connectivity index (χ2n) is 7.90. The van der Waals surface area contributed by atoms with E-state index < -0.39 is 0 Å². The summed E-state index contributed by atoms with van der Waals surface area (Å²) in [7, 11) is 0. The van der Waals surface area contributed by atoms with E-state index in [1.165, 1.54) is 5.56 Å². The van der Waals surface area contributed by atoms with E-state index >= 15 is 0 Å². The Balaban J connectivity index is 1.66. The van der Waals surface area contributed by atoms with Gasteiger partial charge in [-0.2, -0.15) is 0 Å². The molecule has 3 rings (SSSR count). The Kier molecular flexibility index (Phi) is 7.17. The normalized spacial score (nSPS) is 13.8. The number of allylic oxidation sites excluding steroid dienone is 1. The predicted octanol–water partition coefficient (Wildman–Crippen LogP) is 3.82. The molecule has 5 nitrogen and oxygen atoms in total. The van der Waals surface area contributed by atoms with Crippen molar-refractivity contribution in [1.82, 2.24) is 15.2 Å². The highest BCUT2D eigenvalue weighted by atomic mass is 16.2. The molecule has 1 aliphatic rings. The van der Waals surface area contributed by atoms with Gasteiger partial charge in [0, 0.05) is 37.6 Å². The lowest BCUT2D eigenvalue weighted by Gasteiger charge is -2.30. The summed E-state index contributed by atoms with van der Waals surface area (Å²) in [5.41, 5.74) is 5.21. The van der Waals surface area contributed by atoms with E-state index in [0.717, 1.165) is 28.8 Å². The fraction of sp³-hybridized carbons (Fsp3) is 0.320. The monoisotopic (exact) mass is 403 g/mol. The van der Waals surface area contributed by atoms with Crippen LogP contribution in [0.3, 0.4) is 0 Å². The molecule has 1 aromatic heterocycles. The Morgan fingerprint density at radius 3 is 2.70 bits per heavy atom. The molecule has 1 aromatic carbocycles. The van der Waals surface area contributed by atoms with Crippen molar-refractivity contribution >= 4 is 17.9 Å². The Hall–Kier alpha value is -3.21. The zero-order valence-electron chi connectivity index (χ0n) is 17.9. The first-order chi connectivity index (χ1) is 14.4. The molecule has 5 heteroatoms. The molecular weight excluding hydrogens is 374 g/mol. The molecule has 0 spiro atoms. The first-order valence-corrected chi connectivity index (χ1v) is 10.4. The van der Waals surface area contributed by atoms with Gasteiger partial charge in [0.25, 0.3) is 0 Å². The fourth-order valence-corrected chi connectivity index (χ4v) is 3.50. The van der Waals surface area contributed by atoms with Crippen LogP contribution in [0.4, 0.5) is 0 Å². The number of benzene rings is 1. The molecule has 1 aliphatic heterocycles. The molecule has 0 unspecified atom stereocenters. The van der Waals surface area contributed by atoms with Gasteiger partial charge in [-0.3, -0.25) is 14.6 Å². The molecule has 2 amide bonds. The number of hydrogen-bond donors (Lipinski definition) is 1. The van der Waals surface area contributed by atoms with Crippen molar-refractivity contribution in [3.8, 4) is 0 Å². The number of nitrogens with one attached hydrogen (secondary N) is 1. The summed E-state index contributed by atoms with van der Waals surface area (Å²) in [5.74, 6) is 0.250. The van der Waals surface area contributed by atoms with Crippen molar-refractivity contribution in [3.63, 3.8) is 0 Å². The van der Waals surface area contributed by atoms with E-state index in [1.807, 2.05) is 54.4 Å². The minimum Gasteiger partial charge on any atom is -0.348 e. The van der Waals surface area contributed by atoms with Crippen LogP contribution in [-0.4, -0.2) is 28.2 Å². The Morgan fingerprint density at radius 2 is 1.97 bits per heavy atom. The van der Waals surface area contributed by atoms with E-state index in [1.54, 1.807) is 18.2 Å². The van der Waals surface area contributed by atoms with Crippen molar-refractivity contribution in [2.75, 3.05) is 6.54 Å². The van der Waals surface area contributed by atoms with Gasteiger partial charge in [-0.1, -0.05) is 50.3 Å². The van der Waals surface area contributed by atoms with E-state index in [0.29, 0.717) is 25.6 Å². The molecule has 30 heavy (non-hydrogen) atoms. The fourth-order valence-electron chi connectivity index (χ4n) is 3.50. The Labute approximate surface area is 178 Å². The second-order valence-corrected chi connectivity index (χ2v) is 7.90.